The Morgan fingerprint density at radius 3 is 2.91 bits per heavy atom. The van der Waals surface area contributed by atoms with E-state index in [2.05, 4.69) is 5.32 Å². The Balaban J connectivity index is 1.92. The van der Waals surface area contributed by atoms with Crippen molar-refractivity contribution in [3.63, 3.8) is 0 Å². The summed E-state index contributed by atoms with van der Waals surface area (Å²) < 4.78 is 25.8. The minimum absolute atomic E-state index is 0.0960. The van der Waals surface area contributed by atoms with Crippen molar-refractivity contribution in [2.75, 3.05) is 18.8 Å². The van der Waals surface area contributed by atoms with Crippen molar-refractivity contribution >= 4 is 27.5 Å². The van der Waals surface area contributed by atoms with Crippen LogP contribution < -0.4 is 5.32 Å². The van der Waals surface area contributed by atoms with Gasteiger partial charge < -0.3 is 5.32 Å². The number of nitrogens with zero attached hydrogens (tertiary/aromatic N) is 1. The Labute approximate surface area is 143 Å². The van der Waals surface area contributed by atoms with Crippen LogP contribution in [0.1, 0.15) is 31.7 Å². The summed E-state index contributed by atoms with van der Waals surface area (Å²) in [5, 5.41) is 3.51. The Bertz CT molecular complexity index is 648. The standard InChI is InChI=1S/C16H23ClN2O3S/c1-2-9-23(21,22)19-8-4-6-14(12-19)16(20)18-11-13-5-3-7-15(17)10-13/h3,5,7,10,14H,2,4,6,8-9,11-12H2,1H3,(H,18,20)/t14-/m0/s1. The maximum Gasteiger partial charge on any atom is 0.224 e. The molecule has 0 bridgehead atoms. The molecule has 1 aliphatic heterocycles. The minimum atomic E-state index is -3.24. The van der Waals surface area contributed by atoms with Gasteiger partial charge in [0.25, 0.3) is 0 Å². The molecule has 1 heterocycles. The Morgan fingerprint density at radius 1 is 1.43 bits per heavy atom. The van der Waals surface area contributed by atoms with E-state index in [1.807, 2.05) is 19.1 Å². The highest BCUT2D eigenvalue weighted by Gasteiger charge is 2.31. The fourth-order valence-corrected chi connectivity index (χ4v) is 4.58. The second-order valence-corrected chi connectivity index (χ2v) is 8.39. The van der Waals surface area contributed by atoms with E-state index in [4.69, 9.17) is 11.6 Å². The fourth-order valence-electron chi connectivity index (χ4n) is 2.78. The number of amides is 1. The quantitative estimate of drug-likeness (QED) is 0.849. The van der Waals surface area contributed by atoms with E-state index in [0.29, 0.717) is 24.5 Å². The van der Waals surface area contributed by atoms with Crippen LogP contribution >= 0.6 is 11.6 Å². The molecule has 23 heavy (non-hydrogen) atoms. The Hall–Kier alpha value is -1.11. The van der Waals surface area contributed by atoms with Crippen LogP contribution in [0.4, 0.5) is 0 Å². The molecule has 0 unspecified atom stereocenters. The number of piperidine rings is 1. The number of hydrogen-bond donors (Lipinski definition) is 1. The first-order chi connectivity index (χ1) is 10.9. The monoisotopic (exact) mass is 358 g/mol. The van der Waals surface area contributed by atoms with Gasteiger partial charge in [0.2, 0.25) is 15.9 Å². The maximum atomic E-state index is 12.3. The number of carbonyl (C=O) groups excluding carboxylic acids is 1. The molecule has 7 heteroatoms. The highest BCUT2D eigenvalue weighted by molar-refractivity contribution is 7.89. The predicted molar refractivity (Wildman–Crippen MR) is 91.7 cm³/mol. The van der Waals surface area contributed by atoms with Crippen molar-refractivity contribution < 1.29 is 13.2 Å². The summed E-state index contributed by atoms with van der Waals surface area (Å²) in [4.78, 5) is 12.3. The molecule has 1 fully saturated rings. The van der Waals surface area contributed by atoms with Gasteiger partial charge in [0.05, 0.1) is 11.7 Å². The van der Waals surface area contributed by atoms with Gasteiger partial charge in [0.15, 0.2) is 0 Å². The third kappa shape index (κ3) is 5.19. The third-order valence-corrected chi connectivity index (χ3v) is 6.24. The van der Waals surface area contributed by atoms with Gasteiger partial charge in [-0.25, -0.2) is 12.7 Å². The van der Waals surface area contributed by atoms with E-state index >= 15 is 0 Å². The van der Waals surface area contributed by atoms with Gasteiger partial charge in [-0.05, 0) is 37.0 Å². The summed E-state index contributed by atoms with van der Waals surface area (Å²) in [6.07, 6.45) is 2.03. The smallest absolute Gasteiger partial charge is 0.224 e. The summed E-state index contributed by atoms with van der Waals surface area (Å²) in [6.45, 7) is 3.04. The van der Waals surface area contributed by atoms with Crippen molar-refractivity contribution in [3.05, 3.63) is 34.9 Å². The van der Waals surface area contributed by atoms with E-state index in [0.717, 1.165) is 18.4 Å². The molecule has 0 aliphatic carbocycles. The van der Waals surface area contributed by atoms with E-state index in [9.17, 15) is 13.2 Å². The molecule has 1 aliphatic rings. The van der Waals surface area contributed by atoms with Gasteiger partial charge in [0, 0.05) is 24.7 Å². The molecule has 5 nitrogen and oxygen atoms in total. The molecule has 1 saturated heterocycles. The highest BCUT2D eigenvalue weighted by Crippen LogP contribution is 2.20. The summed E-state index contributed by atoms with van der Waals surface area (Å²) in [5.41, 5.74) is 0.928. The van der Waals surface area contributed by atoms with Gasteiger partial charge in [-0.2, -0.15) is 0 Å². The number of halogens is 1. The van der Waals surface area contributed by atoms with Crippen LogP contribution in [0.3, 0.4) is 0 Å². The normalized spacial score (nSPS) is 19.5. The first kappa shape index (κ1) is 18.2. The number of benzene rings is 1. The molecule has 1 aromatic rings. The number of nitrogens with one attached hydrogen (secondary N) is 1. The first-order valence-corrected chi connectivity index (χ1v) is 9.91. The molecule has 0 radical (unpaired) electrons. The number of hydrogen-bond acceptors (Lipinski definition) is 3. The highest BCUT2D eigenvalue weighted by atomic mass is 35.5. The zero-order valence-corrected chi connectivity index (χ0v) is 14.9. The first-order valence-electron chi connectivity index (χ1n) is 7.92. The summed E-state index contributed by atoms with van der Waals surface area (Å²) in [6, 6.07) is 7.32. The van der Waals surface area contributed by atoms with E-state index < -0.39 is 10.0 Å². The minimum Gasteiger partial charge on any atom is -0.352 e. The summed E-state index contributed by atoms with van der Waals surface area (Å²) in [5.74, 6) is -0.236. The molecule has 1 atom stereocenters. The molecular formula is C16H23ClN2O3S. The zero-order valence-electron chi connectivity index (χ0n) is 13.3. The molecule has 0 aromatic heterocycles. The summed E-state index contributed by atoms with van der Waals surface area (Å²) in [7, 11) is -3.24. The third-order valence-electron chi connectivity index (χ3n) is 3.97. The summed E-state index contributed by atoms with van der Waals surface area (Å²) >= 11 is 5.92. The van der Waals surface area contributed by atoms with Gasteiger partial charge in [0.1, 0.15) is 0 Å². The van der Waals surface area contributed by atoms with Gasteiger partial charge >= 0.3 is 0 Å². The van der Waals surface area contributed by atoms with Gasteiger partial charge in [-0.1, -0.05) is 30.7 Å². The van der Waals surface area contributed by atoms with Crippen LogP contribution in [0.5, 0.6) is 0 Å². The maximum absolute atomic E-state index is 12.3. The van der Waals surface area contributed by atoms with Crippen LogP contribution in [-0.2, 0) is 21.4 Å². The molecule has 2 rings (SSSR count). The lowest BCUT2D eigenvalue weighted by molar-refractivity contribution is -0.126. The fraction of sp³-hybridized carbons (Fsp3) is 0.562. The Kier molecular flexibility index (Phi) is 6.44. The van der Waals surface area contributed by atoms with Crippen LogP contribution in [0.25, 0.3) is 0 Å². The zero-order chi connectivity index (χ0) is 16.9. The lowest BCUT2D eigenvalue weighted by Gasteiger charge is -2.31. The molecule has 1 aromatic carbocycles. The number of rotatable bonds is 6. The largest absolute Gasteiger partial charge is 0.352 e. The average molecular weight is 359 g/mol. The van der Waals surface area contributed by atoms with Gasteiger partial charge in [-0.15, -0.1) is 0 Å². The van der Waals surface area contributed by atoms with Crippen LogP contribution in [0, 0.1) is 5.92 Å². The predicted octanol–water partition coefficient (Wildman–Crippen LogP) is 2.41. The SMILES string of the molecule is CCCS(=O)(=O)N1CCC[C@H](C(=O)NCc2cccc(Cl)c2)C1. The second-order valence-electron chi connectivity index (χ2n) is 5.86. The van der Waals surface area contributed by atoms with Crippen molar-refractivity contribution in [1.82, 2.24) is 9.62 Å². The lowest BCUT2D eigenvalue weighted by Crippen LogP contribution is -2.45. The molecule has 128 valence electrons. The van der Waals surface area contributed by atoms with Crippen LogP contribution in [0.15, 0.2) is 24.3 Å². The van der Waals surface area contributed by atoms with E-state index in [1.165, 1.54) is 4.31 Å². The topological polar surface area (TPSA) is 66.5 Å². The average Bonchev–Trinajstić information content (AvgIpc) is 2.53. The number of carbonyl (C=O) groups is 1. The van der Waals surface area contributed by atoms with Crippen molar-refractivity contribution in [2.45, 2.75) is 32.7 Å². The molecule has 1 N–H and O–H groups in total. The molecule has 0 saturated carbocycles. The molecule has 1 amide bonds. The lowest BCUT2D eigenvalue weighted by atomic mass is 9.99. The van der Waals surface area contributed by atoms with Crippen molar-refractivity contribution in [2.24, 2.45) is 5.92 Å². The molecular weight excluding hydrogens is 336 g/mol. The van der Waals surface area contributed by atoms with E-state index in [1.54, 1.807) is 12.1 Å². The Morgan fingerprint density at radius 2 is 2.22 bits per heavy atom. The van der Waals surface area contributed by atoms with Gasteiger partial charge in [-0.3, -0.25) is 4.79 Å². The van der Waals surface area contributed by atoms with Crippen molar-refractivity contribution in [1.29, 1.82) is 0 Å². The number of sulfonamides is 1. The molecule has 0 spiro atoms. The second kappa shape index (κ2) is 8.13. The van der Waals surface area contributed by atoms with Crippen LogP contribution in [-0.4, -0.2) is 37.5 Å². The van der Waals surface area contributed by atoms with Crippen molar-refractivity contribution in [3.8, 4) is 0 Å². The van der Waals surface area contributed by atoms with Crippen LogP contribution in [0.2, 0.25) is 5.02 Å². The van der Waals surface area contributed by atoms with E-state index in [-0.39, 0.29) is 24.1 Å².